The third kappa shape index (κ3) is 2.66. The van der Waals surface area contributed by atoms with Crippen molar-refractivity contribution in [2.45, 2.75) is 13.8 Å². The SMILES string of the molecule is CCN(CC)C(=O)c1cc(ON)ccn1. The zero-order chi connectivity index (χ0) is 11.3. The number of amides is 1. The number of nitrogens with two attached hydrogens (primary N) is 1. The Morgan fingerprint density at radius 2 is 2.20 bits per heavy atom. The molecular weight excluding hydrogens is 194 g/mol. The number of rotatable bonds is 4. The van der Waals surface area contributed by atoms with Crippen molar-refractivity contribution in [1.29, 1.82) is 0 Å². The number of hydrogen-bond acceptors (Lipinski definition) is 4. The Labute approximate surface area is 88.8 Å². The molecule has 0 saturated carbocycles. The molecule has 0 radical (unpaired) electrons. The van der Waals surface area contributed by atoms with E-state index in [2.05, 4.69) is 9.82 Å². The van der Waals surface area contributed by atoms with Crippen LogP contribution in [0.1, 0.15) is 24.3 Å². The summed E-state index contributed by atoms with van der Waals surface area (Å²) in [5, 5.41) is 0. The van der Waals surface area contributed by atoms with Crippen molar-refractivity contribution in [2.75, 3.05) is 13.1 Å². The number of hydrogen-bond donors (Lipinski definition) is 1. The summed E-state index contributed by atoms with van der Waals surface area (Å²) >= 11 is 0. The zero-order valence-electron chi connectivity index (χ0n) is 8.93. The molecule has 0 saturated heterocycles. The van der Waals surface area contributed by atoms with Crippen LogP contribution < -0.4 is 10.7 Å². The Kier molecular flexibility index (Phi) is 4.05. The molecule has 0 atom stereocenters. The summed E-state index contributed by atoms with van der Waals surface area (Å²) < 4.78 is 0. The van der Waals surface area contributed by atoms with Gasteiger partial charge in [0.05, 0.1) is 0 Å². The van der Waals surface area contributed by atoms with Crippen LogP contribution in [0, 0.1) is 0 Å². The average molecular weight is 209 g/mol. The number of carbonyl (C=O) groups is 1. The fourth-order valence-corrected chi connectivity index (χ4v) is 1.27. The van der Waals surface area contributed by atoms with Gasteiger partial charge < -0.3 is 9.74 Å². The van der Waals surface area contributed by atoms with E-state index in [1.807, 2.05) is 13.8 Å². The van der Waals surface area contributed by atoms with Crippen LogP contribution in [0.25, 0.3) is 0 Å². The molecule has 0 aliphatic heterocycles. The molecule has 0 bridgehead atoms. The van der Waals surface area contributed by atoms with Crippen LogP contribution in [-0.2, 0) is 0 Å². The van der Waals surface area contributed by atoms with Gasteiger partial charge in [-0.15, -0.1) is 0 Å². The number of carbonyl (C=O) groups excluding carboxylic acids is 1. The molecule has 0 aliphatic carbocycles. The molecule has 15 heavy (non-hydrogen) atoms. The van der Waals surface area contributed by atoms with Gasteiger partial charge in [0, 0.05) is 31.4 Å². The highest BCUT2D eigenvalue weighted by molar-refractivity contribution is 5.92. The second-order valence-corrected chi connectivity index (χ2v) is 2.97. The predicted octanol–water partition coefficient (Wildman–Crippen LogP) is 0.816. The van der Waals surface area contributed by atoms with Gasteiger partial charge in [0.1, 0.15) is 5.69 Å². The molecule has 0 aliphatic rings. The van der Waals surface area contributed by atoms with Gasteiger partial charge in [-0.25, -0.2) is 0 Å². The van der Waals surface area contributed by atoms with Crippen LogP contribution in [0.2, 0.25) is 0 Å². The molecule has 0 spiro atoms. The first-order valence-corrected chi connectivity index (χ1v) is 4.85. The first kappa shape index (κ1) is 11.5. The topological polar surface area (TPSA) is 68.5 Å². The van der Waals surface area contributed by atoms with E-state index in [4.69, 9.17) is 5.90 Å². The molecule has 1 aromatic rings. The maximum atomic E-state index is 11.8. The van der Waals surface area contributed by atoms with Gasteiger partial charge in [-0.2, -0.15) is 5.90 Å². The summed E-state index contributed by atoms with van der Waals surface area (Å²) in [6.45, 7) is 5.16. The number of aromatic nitrogens is 1. The van der Waals surface area contributed by atoms with Gasteiger partial charge in [-0.1, -0.05) is 0 Å². The first-order chi connectivity index (χ1) is 7.22. The largest absolute Gasteiger partial charge is 0.411 e. The third-order valence-corrected chi connectivity index (χ3v) is 2.14. The Morgan fingerprint density at radius 1 is 1.53 bits per heavy atom. The van der Waals surface area contributed by atoms with Gasteiger partial charge in [0.15, 0.2) is 5.75 Å². The Balaban J connectivity index is 2.90. The highest BCUT2D eigenvalue weighted by atomic mass is 16.6. The van der Waals surface area contributed by atoms with Crippen LogP contribution in [0.4, 0.5) is 0 Å². The van der Waals surface area contributed by atoms with Crippen LogP contribution in [-0.4, -0.2) is 28.9 Å². The van der Waals surface area contributed by atoms with E-state index in [1.54, 1.807) is 11.0 Å². The number of pyridine rings is 1. The van der Waals surface area contributed by atoms with Crippen molar-refractivity contribution in [3.05, 3.63) is 24.0 Å². The smallest absolute Gasteiger partial charge is 0.272 e. The summed E-state index contributed by atoms with van der Waals surface area (Å²) in [4.78, 5) is 22.0. The molecule has 0 fully saturated rings. The Morgan fingerprint density at radius 3 is 2.73 bits per heavy atom. The summed E-state index contributed by atoms with van der Waals surface area (Å²) in [6.07, 6.45) is 1.50. The predicted molar refractivity (Wildman–Crippen MR) is 56.3 cm³/mol. The number of nitrogens with zero attached hydrogens (tertiary/aromatic N) is 2. The molecule has 0 aromatic carbocycles. The lowest BCUT2D eigenvalue weighted by Crippen LogP contribution is -2.31. The van der Waals surface area contributed by atoms with Crippen LogP contribution in [0.5, 0.6) is 5.75 Å². The molecule has 5 heteroatoms. The molecule has 5 nitrogen and oxygen atoms in total. The lowest BCUT2D eigenvalue weighted by Gasteiger charge is -2.17. The Bertz CT molecular complexity index is 337. The van der Waals surface area contributed by atoms with Crippen molar-refractivity contribution < 1.29 is 9.63 Å². The molecule has 82 valence electrons. The van der Waals surface area contributed by atoms with Gasteiger partial charge in [0.25, 0.3) is 5.91 Å². The summed E-state index contributed by atoms with van der Waals surface area (Å²) in [7, 11) is 0. The fourth-order valence-electron chi connectivity index (χ4n) is 1.27. The van der Waals surface area contributed by atoms with Crippen LogP contribution >= 0.6 is 0 Å². The highest BCUT2D eigenvalue weighted by Gasteiger charge is 2.14. The molecule has 2 N–H and O–H groups in total. The molecule has 1 amide bonds. The maximum absolute atomic E-state index is 11.8. The summed E-state index contributed by atoms with van der Waals surface area (Å²) in [5.74, 6) is 5.33. The van der Waals surface area contributed by atoms with E-state index in [9.17, 15) is 4.79 Å². The van der Waals surface area contributed by atoms with Crippen molar-refractivity contribution in [2.24, 2.45) is 5.90 Å². The average Bonchev–Trinajstić information content (AvgIpc) is 2.30. The van der Waals surface area contributed by atoms with Crippen molar-refractivity contribution in [3.63, 3.8) is 0 Å². The van der Waals surface area contributed by atoms with E-state index in [1.165, 1.54) is 12.3 Å². The summed E-state index contributed by atoms with van der Waals surface area (Å²) in [5.41, 5.74) is 0.349. The molecular formula is C10H15N3O2. The third-order valence-electron chi connectivity index (χ3n) is 2.14. The molecule has 1 rings (SSSR count). The first-order valence-electron chi connectivity index (χ1n) is 4.85. The monoisotopic (exact) mass is 209 g/mol. The minimum absolute atomic E-state index is 0.112. The van der Waals surface area contributed by atoms with Crippen LogP contribution in [0.3, 0.4) is 0 Å². The van der Waals surface area contributed by atoms with Crippen molar-refractivity contribution in [3.8, 4) is 5.75 Å². The quantitative estimate of drug-likeness (QED) is 0.745. The van der Waals surface area contributed by atoms with Crippen LogP contribution in [0.15, 0.2) is 18.3 Å². The lowest BCUT2D eigenvalue weighted by molar-refractivity contribution is 0.0766. The van der Waals surface area contributed by atoms with E-state index in [-0.39, 0.29) is 5.91 Å². The Hall–Kier alpha value is -1.62. The maximum Gasteiger partial charge on any atom is 0.272 e. The highest BCUT2D eigenvalue weighted by Crippen LogP contribution is 2.10. The second kappa shape index (κ2) is 5.31. The minimum Gasteiger partial charge on any atom is -0.411 e. The van der Waals surface area contributed by atoms with Crippen molar-refractivity contribution >= 4 is 5.91 Å². The second-order valence-electron chi connectivity index (χ2n) is 2.97. The summed E-state index contributed by atoms with van der Waals surface area (Å²) in [6, 6.07) is 3.12. The molecule has 1 heterocycles. The van der Waals surface area contributed by atoms with Gasteiger partial charge >= 0.3 is 0 Å². The lowest BCUT2D eigenvalue weighted by atomic mass is 10.3. The van der Waals surface area contributed by atoms with E-state index in [0.29, 0.717) is 24.5 Å². The van der Waals surface area contributed by atoms with Crippen molar-refractivity contribution in [1.82, 2.24) is 9.88 Å². The zero-order valence-corrected chi connectivity index (χ0v) is 8.93. The molecule has 0 unspecified atom stereocenters. The van der Waals surface area contributed by atoms with E-state index < -0.39 is 0 Å². The standard InChI is InChI=1S/C10H15N3O2/c1-3-13(4-2)10(14)9-7-8(15-11)5-6-12-9/h5-7H,3-4,11H2,1-2H3. The van der Waals surface area contributed by atoms with Gasteiger partial charge in [-0.05, 0) is 13.8 Å². The van der Waals surface area contributed by atoms with E-state index in [0.717, 1.165) is 0 Å². The van der Waals surface area contributed by atoms with E-state index >= 15 is 0 Å². The minimum atomic E-state index is -0.112. The molecule has 1 aromatic heterocycles. The van der Waals surface area contributed by atoms with Gasteiger partial charge in [0.2, 0.25) is 0 Å². The fraction of sp³-hybridized carbons (Fsp3) is 0.400. The van der Waals surface area contributed by atoms with Gasteiger partial charge in [-0.3, -0.25) is 9.78 Å². The normalized spacial score (nSPS) is 9.80.